The summed E-state index contributed by atoms with van der Waals surface area (Å²) in [6.45, 7) is 5.78. The number of nitrogens with one attached hydrogen (secondary N) is 2. The first-order valence-electron chi connectivity index (χ1n) is 10.2. The fourth-order valence-electron chi connectivity index (χ4n) is 3.52. The predicted molar refractivity (Wildman–Crippen MR) is 116 cm³/mol. The Kier molecular flexibility index (Phi) is 7.19. The fraction of sp³-hybridized carbons (Fsp3) is 0.348. The number of aromatic nitrogens is 1. The lowest BCUT2D eigenvalue weighted by Crippen LogP contribution is -2.45. The van der Waals surface area contributed by atoms with Crippen molar-refractivity contribution in [3.05, 3.63) is 65.5 Å². The molecule has 158 valence electrons. The molecule has 30 heavy (non-hydrogen) atoms. The van der Waals surface area contributed by atoms with Crippen molar-refractivity contribution in [1.29, 1.82) is 0 Å². The number of rotatable bonds is 6. The normalized spacial score (nSPS) is 14.9. The SMILES string of the molecule is CC(C)c1ccc(C(=O)NC2CCN(c3ccccc3C=CC(=O)NO)CC2)nc1. The molecule has 7 nitrogen and oxygen atoms in total. The molecule has 3 N–H and O–H groups in total. The van der Waals surface area contributed by atoms with Gasteiger partial charge in [-0.05, 0) is 48.1 Å². The number of carbonyl (C=O) groups is 2. The van der Waals surface area contributed by atoms with Gasteiger partial charge in [0.1, 0.15) is 5.69 Å². The maximum absolute atomic E-state index is 12.5. The molecule has 0 saturated carbocycles. The van der Waals surface area contributed by atoms with Gasteiger partial charge in [0.2, 0.25) is 0 Å². The Balaban J connectivity index is 1.58. The maximum atomic E-state index is 12.5. The molecule has 1 fully saturated rings. The molecule has 0 atom stereocenters. The van der Waals surface area contributed by atoms with E-state index in [2.05, 4.69) is 29.0 Å². The molecule has 1 aliphatic heterocycles. The van der Waals surface area contributed by atoms with Crippen LogP contribution in [0.25, 0.3) is 6.08 Å². The number of hydroxylamine groups is 1. The maximum Gasteiger partial charge on any atom is 0.270 e. The topological polar surface area (TPSA) is 94.6 Å². The zero-order chi connectivity index (χ0) is 21.5. The van der Waals surface area contributed by atoms with Gasteiger partial charge in [0.25, 0.3) is 11.8 Å². The molecule has 1 aromatic carbocycles. The number of benzene rings is 1. The summed E-state index contributed by atoms with van der Waals surface area (Å²) >= 11 is 0. The number of hydrogen-bond donors (Lipinski definition) is 3. The zero-order valence-corrected chi connectivity index (χ0v) is 17.3. The van der Waals surface area contributed by atoms with Crippen LogP contribution in [0.4, 0.5) is 5.69 Å². The van der Waals surface area contributed by atoms with Crippen LogP contribution in [0.15, 0.2) is 48.7 Å². The van der Waals surface area contributed by atoms with Gasteiger partial charge < -0.3 is 10.2 Å². The zero-order valence-electron chi connectivity index (χ0n) is 17.3. The van der Waals surface area contributed by atoms with Gasteiger partial charge in [-0.1, -0.05) is 38.1 Å². The number of piperidine rings is 1. The van der Waals surface area contributed by atoms with Crippen LogP contribution in [0, 0.1) is 0 Å². The third kappa shape index (κ3) is 5.45. The minimum absolute atomic E-state index is 0.100. The van der Waals surface area contributed by atoms with Crippen LogP contribution in [0.2, 0.25) is 0 Å². The largest absolute Gasteiger partial charge is 0.371 e. The van der Waals surface area contributed by atoms with Crippen LogP contribution < -0.4 is 15.7 Å². The van der Waals surface area contributed by atoms with E-state index in [4.69, 9.17) is 5.21 Å². The lowest BCUT2D eigenvalue weighted by atomic mass is 10.0. The highest BCUT2D eigenvalue weighted by Crippen LogP contribution is 2.25. The van der Waals surface area contributed by atoms with Gasteiger partial charge in [-0.2, -0.15) is 0 Å². The van der Waals surface area contributed by atoms with Crippen LogP contribution in [0.3, 0.4) is 0 Å². The Morgan fingerprint density at radius 2 is 1.90 bits per heavy atom. The molecule has 0 unspecified atom stereocenters. The van der Waals surface area contributed by atoms with Crippen molar-refractivity contribution >= 4 is 23.6 Å². The molecule has 0 spiro atoms. The summed E-state index contributed by atoms with van der Waals surface area (Å²) in [5.74, 6) is -0.321. The molecule has 7 heteroatoms. The van der Waals surface area contributed by atoms with Gasteiger partial charge in [-0.15, -0.1) is 0 Å². The quantitative estimate of drug-likeness (QED) is 0.388. The van der Waals surface area contributed by atoms with E-state index in [0.29, 0.717) is 11.6 Å². The van der Waals surface area contributed by atoms with Crippen molar-refractivity contribution in [3.63, 3.8) is 0 Å². The minimum atomic E-state index is -0.568. The summed E-state index contributed by atoms with van der Waals surface area (Å²) < 4.78 is 0. The van der Waals surface area contributed by atoms with E-state index in [1.165, 1.54) is 6.08 Å². The molecule has 1 aromatic heterocycles. The lowest BCUT2D eigenvalue weighted by Gasteiger charge is -2.34. The number of amides is 2. The summed E-state index contributed by atoms with van der Waals surface area (Å²) in [6.07, 6.45) is 6.39. The van der Waals surface area contributed by atoms with Crippen LogP contribution in [-0.2, 0) is 4.79 Å². The summed E-state index contributed by atoms with van der Waals surface area (Å²) in [5, 5.41) is 11.7. The average Bonchev–Trinajstić information content (AvgIpc) is 2.78. The van der Waals surface area contributed by atoms with E-state index in [1.807, 2.05) is 30.3 Å². The second kappa shape index (κ2) is 10.0. The van der Waals surface area contributed by atoms with Crippen LogP contribution in [-0.4, -0.2) is 41.1 Å². The average molecular weight is 409 g/mol. The number of carbonyl (C=O) groups excluding carboxylic acids is 2. The molecule has 2 heterocycles. The van der Waals surface area contributed by atoms with Gasteiger partial charge in [-0.25, -0.2) is 5.48 Å². The summed E-state index contributed by atoms with van der Waals surface area (Å²) in [7, 11) is 0. The highest BCUT2D eigenvalue weighted by Gasteiger charge is 2.22. The van der Waals surface area contributed by atoms with Gasteiger partial charge in [0, 0.05) is 37.1 Å². The fourth-order valence-corrected chi connectivity index (χ4v) is 3.52. The Morgan fingerprint density at radius 1 is 1.17 bits per heavy atom. The van der Waals surface area contributed by atoms with Gasteiger partial charge in [0.15, 0.2) is 0 Å². The number of para-hydroxylation sites is 1. The highest BCUT2D eigenvalue weighted by molar-refractivity contribution is 5.92. The molecule has 2 aromatic rings. The summed E-state index contributed by atoms with van der Waals surface area (Å²) in [5.41, 5.74) is 5.08. The molecule has 3 rings (SSSR count). The Morgan fingerprint density at radius 3 is 2.53 bits per heavy atom. The molecular formula is C23H28N4O3. The van der Waals surface area contributed by atoms with Crippen molar-refractivity contribution in [2.45, 2.75) is 38.6 Å². The monoisotopic (exact) mass is 408 g/mol. The smallest absolute Gasteiger partial charge is 0.270 e. The van der Waals surface area contributed by atoms with Gasteiger partial charge in [0.05, 0.1) is 0 Å². The highest BCUT2D eigenvalue weighted by atomic mass is 16.5. The van der Waals surface area contributed by atoms with E-state index in [-0.39, 0.29) is 11.9 Å². The third-order valence-corrected chi connectivity index (χ3v) is 5.32. The van der Waals surface area contributed by atoms with Gasteiger partial charge >= 0.3 is 0 Å². The van der Waals surface area contributed by atoms with Gasteiger partial charge in [-0.3, -0.25) is 19.8 Å². The van der Waals surface area contributed by atoms with E-state index in [9.17, 15) is 9.59 Å². The van der Waals surface area contributed by atoms with E-state index in [0.717, 1.165) is 42.7 Å². The Hall–Kier alpha value is -3.19. The van der Waals surface area contributed by atoms with Crippen molar-refractivity contribution < 1.29 is 14.8 Å². The Bertz CT molecular complexity index is 901. The molecule has 2 amide bonds. The summed E-state index contributed by atoms with van der Waals surface area (Å²) in [4.78, 5) is 30.3. The predicted octanol–water partition coefficient (Wildman–Crippen LogP) is 3.12. The second-order valence-corrected chi connectivity index (χ2v) is 7.73. The number of anilines is 1. The van der Waals surface area contributed by atoms with Crippen LogP contribution in [0.1, 0.15) is 54.2 Å². The number of pyridine rings is 1. The minimum Gasteiger partial charge on any atom is -0.371 e. The van der Waals surface area contributed by atoms with Crippen molar-refractivity contribution in [3.8, 4) is 0 Å². The molecule has 1 saturated heterocycles. The van der Waals surface area contributed by atoms with Crippen molar-refractivity contribution in [1.82, 2.24) is 15.8 Å². The van der Waals surface area contributed by atoms with Crippen LogP contribution >= 0.6 is 0 Å². The number of nitrogens with zero attached hydrogens (tertiary/aromatic N) is 2. The number of hydrogen-bond acceptors (Lipinski definition) is 5. The van der Waals surface area contributed by atoms with Crippen molar-refractivity contribution in [2.75, 3.05) is 18.0 Å². The van der Waals surface area contributed by atoms with Crippen molar-refractivity contribution in [2.24, 2.45) is 0 Å². The van der Waals surface area contributed by atoms with E-state index in [1.54, 1.807) is 23.8 Å². The Labute approximate surface area is 176 Å². The molecule has 0 aliphatic carbocycles. The third-order valence-electron chi connectivity index (χ3n) is 5.32. The summed E-state index contributed by atoms with van der Waals surface area (Å²) in [6, 6.07) is 11.6. The van der Waals surface area contributed by atoms with E-state index >= 15 is 0 Å². The van der Waals surface area contributed by atoms with Crippen LogP contribution in [0.5, 0.6) is 0 Å². The first-order valence-corrected chi connectivity index (χ1v) is 10.2. The molecule has 0 radical (unpaired) electrons. The standard InChI is InChI=1S/C23H28N4O3/c1-16(2)18-7-9-20(24-15-18)23(29)25-19-11-13-27(14-12-19)21-6-4-3-5-17(21)8-10-22(28)26-30/h3-10,15-16,19,30H,11-14H2,1-2H3,(H,25,29)(H,26,28). The molecular weight excluding hydrogens is 380 g/mol. The van der Waals surface area contributed by atoms with E-state index < -0.39 is 5.91 Å². The first kappa shape index (κ1) is 21.5. The first-order chi connectivity index (χ1) is 14.5. The molecule has 1 aliphatic rings. The lowest BCUT2D eigenvalue weighted by molar-refractivity contribution is -0.124. The second-order valence-electron chi connectivity index (χ2n) is 7.73. The molecule has 0 bridgehead atoms.